The number of unbranched alkanes of at least 4 members (excludes halogenated alkanes) is 1. The van der Waals surface area contributed by atoms with Crippen LogP contribution in [0.4, 0.5) is 0 Å². The summed E-state index contributed by atoms with van der Waals surface area (Å²) in [6, 6.07) is 0. The molecular weight excluding hydrogens is 136 g/mol. The van der Waals surface area contributed by atoms with E-state index in [9.17, 15) is 0 Å². The number of aliphatic hydroxyl groups is 1. The Balaban J connectivity index is 2.48. The molecule has 1 aliphatic carbocycles. The molecule has 0 radical (unpaired) electrons. The largest absolute Gasteiger partial charge is 0.508 e. The number of rotatable bonds is 2. The van der Waals surface area contributed by atoms with Crippen LogP contribution in [0.3, 0.4) is 0 Å². The number of hydrogen-bond donors (Lipinski definition) is 1. The van der Waals surface area contributed by atoms with Crippen LogP contribution in [-0.4, -0.2) is 5.11 Å². The van der Waals surface area contributed by atoms with Gasteiger partial charge in [0.2, 0.25) is 0 Å². The second-order valence-corrected chi connectivity index (χ2v) is 2.73. The van der Waals surface area contributed by atoms with Crippen molar-refractivity contribution in [2.45, 2.75) is 26.2 Å². The zero-order valence-corrected chi connectivity index (χ0v) is 6.88. The van der Waals surface area contributed by atoms with Gasteiger partial charge in [0.1, 0.15) is 5.76 Å². The topological polar surface area (TPSA) is 20.2 Å². The highest BCUT2D eigenvalue weighted by atomic mass is 16.3. The van der Waals surface area contributed by atoms with E-state index in [1.54, 1.807) is 6.08 Å². The zero-order chi connectivity index (χ0) is 8.10. The summed E-state index contributed by atoms with van der Waals surface area (Å²) >= 11 is 0. The van der Waals surface area contributed by atoms with Gasteiger partial charge in [-0.15, -0.1) is 0 Å². The number of aliphatic hydroxyl groups excluding tert-OH is 1. The van der Waals surface area contributed by atoms with Crippen LogP contribution in [0.2, 0.25) is 0 Å². The zero-order valence-electron chi connectivity index (χ0n) is 6.88. The van der Waals surface area contributed by atoms with Gasteiger partial charge in [-0.05, 0) is 30.6 Å². The minimum atomic E-state index is 0.388. The molecule has 0 aromatic heterocycles. The van der Waals surface area contributed by atoms with Crippen molar-refractivity contribution in [1.82, 2.24) is 0 Å². The van der Waals surface area contributed by atoms with Crippen LogP contribution >= 0.6 is 0 Å². The van der Waals surface area contributed by atoms with Gasteiger partial charge in [-0.25, -0.2) is 0 Å². The van der Waals surface area contributed by atoms with Gasteiger partial charge in [0.15, 0.2) is 0 Å². The minimum Gasteiger partial charge on any atom is -0.508 e. The lowest BCUT2D eigenvalue weighted by molar-refractivity contribution is 0.429. The second-order valence-electron chi connectivity index (χ2n) is 2.73. The van der Waals surface area contributed by atoms with Crippen LogP contribution in [0.1, 0.15) is 26.2 Å². The molecule has 0 aliphatic heterocycles. The smallest absolute Gasteiger partial charge is 0.111 e. The molecule has 0 amide bonds. The molecule has 1 nitrogen and oxygen atoms in total. The summed E-state index contributed by atoms with van der Waals surface area (Å²) in [5.41, 5.74) is 1.31. The van der Waals surface area contributed by atoms with Crippen molar-refractivity contribution in [1.29, 1.82) is 0 Å². The van der Waals surface area contributed by atoms with E-state index < -0.39 is 0 Å². The predicted molar refractivity (Wildman–Crippen MR) is 47.5 cm³/mol. The maximum Gasteiger partial charge on any atom is 0.111 e. The van der Waals surface area contributed by atoms with Crippen molar-refractivity contribution in [2.75, 3.05) is 0 Å². The molecule has 0 aromatic rings. The lowest BCUT2D eigenvalue weighted by Crippen LogP contribution is -1.86. The van der Waals surface area contributed by atoms with Crippen LogP contribution < -0.4 is 0 Å². The Kier molecular flexibility index (Phi) is 2.96. The highest BCUT2D eigenvalue weighted by Gasteiger charge is 1.97. The van der Waals surface area contributed by atoms with E-state index in [0.717, 1.165) is 12.8 Å². The van der Waals surface area contributed by atoms with Crippen molar-refractivity contribution >= 4 is 0 Å². The molecule has 0 spiro atoms. The van der Waals surface area contributed by atoms with Gasteiger partial charge in [0, 0.05) is 0 Å². The summed E-state index contributed by atoms with van der Waals surface area (Å²) in [6.07, 6.45) is 11.0. The first-order valence-corrected chi connectivity index (χ1v) is 4.09. The summed E-state index contributed by atoms with van der Waals surface area (Å²) < 4.78 is 0. The Morgan fingerprint density at radius 1 is 1.55 bits per heavy atom. The second kappa shape index (κ2) is 4.02. The molecule has 1 N–H and O–H groups in total. The Labute approximate surface area is 67.7 Å². The van der Waals surface area contributed by atoms with Gasteiger partial charge in [-0.1, -0.05) is 25.5 Å². The van der Waals surface area contributed by atoms with Crippen LogP contribution in [0, 0.1) is 0 Å². The van der Waals surface area contributed by atoms with E-state index in [2.05, 4.69) is 13.0 Å². The van der Waals surface area contributed by atoms with E-state index in [1.807, 2.05) is 12.2 Å². The molecule has 0 unspecified atom stereocenters. The first-order chi connectivity index (χ1) is 5.33. The predicted octanol–water partition coefficient (Wildman–Crippen LogP) is 3.11. The van der Waals surface area contributed by atoms with E-state index in [4.69, 9.17) is 5.11 Å². The summed E-state index contributed by atoms with van der Waals surface area (Å²) in [5, 5.41) is 9.00. The fourth-order valence-electron chi connectivity index (χ4n) is 1.03. The molecule has 0 fully saturated rings. The molecule has 0 saturated heterocycles. The third kappa shape index (κ3) is 2.62. The van der Waals surface area contributed by atoms with E-state index >= 15 is 0 Å². The lowest BCUT2D eigenvalue weighted by atomic mass is 10.1. The highest BCUT2D eigenvalue weighted by Crippen LogP contribution is 2.14. The monoisotopic (exact) mass is 150 g/mol. The molecule has 1 rings (SSSR count). The Hall–Kier alpha value is -0.980. The Morgan fingerprint density at radius 3 is 2.91 bits per heavy atom. The molecule has 60 valence electrons. The van der Waals surface area contributed by atoms with E-state index in [1.165, 1.54) is 12.0 Å². The first kappa shape index (κ1) is 8.12. The lowest BCUT2D eigenvalue weighted by Gasteiger charge is -2.03. The molecule has 0 heterocycles. The third-order valence-corrected chi connectivity index (χ3v) is 1.71. The number of allylic oxidation sites excluding steroid dienone is 5. The van der Waals surface area contributed by atoms with E-state index in [0.29, 0.717) is 5.76 Å². The van der Waals surface area contributed by atoms with Gasteiger partial charge < -0.3 is 5.11 Å². The van der Waals surface area contributed by atoms with Gasteiger partial charge in [0.05, 0.1) is 0 Å². The molecule has 11 heavy (non-hydrogen) atoms. The van der Waals surface area contributed by atoms with Gasteiger partial charge in [-0.2, -0.15) is 0 Å². The third-order valence-electron chi connectivity index (χ3n) is 1.71. The van der Waals surface area contributed by atoms with Gasteiger partial charge >= 0.3 is 0 Å². The van der Waals surface area contributed by atoms with Gasteiger partial charge in [0.25, 0.3) is 0 Å². The van der Waals surface area contributed by atoms with Crippen LogP contribution in [0.15, 0.2) is 35.6 Å². The fraction of sp³-hybridized carbons (Fsp3) is 0.400. The van der Waals surface area contributed by atoms with Crippen molar-refractivity contribution in [3.05, 3.63) is 35.6 Å². The van der Waals surface area contributed by atoms with Crippen LogP contribution in [0.25, 0.3) is 0 Å². The maximum absolute atomic E-state index is 9.00. The quantitative estimate of drug-likeness (QED) is 0.641. The molecular formula is C10H14O. The standard InChI is InChI=1S/C10H14O/c1-2-3-4-9-5-7-10(11)8-6-9/h4-5,7-8,11H,2-3,6H2,1H3. The molecule has 1 heteroatoms. The van der Waals surface area contributed by atoms with Crippen molar-refractivity contribution < 1.29 is 5.11 Å². The molecule has 0 atom stereocenters. The molecule has 1 aliphatic rings. The van der Waals surface area contributed by atoms with Crippen LogP contribution in [0.5, 0.6) is 0 Å². The SMILES string of the molecule is CCCC=C1C=CC(O)=CC1. The van der Waals surface area contributed by atoms with Crippen molar-refractivity contribution in [3.8, 4) is 0 Å². The Morgan fingerprint density at radius 2 is 2.36 bits per heavy atom. The maximum atomic E-state index is 9.00. The number of hydrogen-bond acceptors (Lipinski definition) is 1. The summed E-state index contributed by atoms with van der Waals surface area (Å²) in [4.78, 5) is 0. The van der Waals surface area contributed by atoms with Crippen molar-refractivity contribution in [2.24, 2.45) is 0 Å². The van der Waals surface area contributed by atoms with Crippen molar-refractivity contribution in [3.63, 3.8) is 0 Å². The fourth-order valence-corrected chi connectivity index (χ4v) is 1.03. The molecule has 0 aromatic carbocycles. The minimum absolute atomic E-state index is 0.388. The summed E-state index contributed by atoms with van der Waals surface area (Å²) in [7, 11) is 0. The van der Waals surface area contributed by atoms with Gasteiger partial charge in [-0.3, -0.25) is 0 Å². The average molecular weight is 150 g/mol. The average Bonchev–Trinajstić information content (AvgIpc) is 2.04. The molecule has 0 saturated carbocycles. The first-order valence-electron chi connectivity index (χ1n) is 4.09. The van der Waals surface area contributed by atoms with E-state index in [-0.39, 0.29) is 0 Å². The van der Waals surface area contributed by atoms with Crippen LogP contribution in [-0.2, 0) is 0 Å². The molecule has 0 bridgehead atoms. The normalized spacial score (nSPS) is 20.5. The summed E-state index contributed by atoms with van der Waals surface area (Å²) in [6.45, 7) is 2.16. The highest BCUT2D eigenvalue weighted by molar-refractivity contribution is 5.31. The summed E-state index contributed by atoms with van der Waals surface area (Å²) in [5.74, 6) is 0.388. The Bertz CT molecular complexity index is 209.